The van der Waals surface area contributed by atoms with Gasteiger partial charge in [-0.05, 0) is 22.6 Å². The lowest BCUT2D eigenvalue weighted by atomic mass is 10.2. The fourth-order valence-corrected chi connectivity index (χ4v) is 1.31. The van der Waals surface area contributed by atoms with Gasteiger partial charge in [-0.25, -0.2) is 9.98 Å². The van der Waals surface area contributed by atoms with Crippen molar-refractivity contribution in [1.82, 2.24) is 0 Å². The van der Waals surface area contributed by atoms with Crippen LogP contribution in [0.3, 0.4) is 0 Å². The van der Waals surface area contributed by atoms with Crippen LogP contribution in [-0.4, -0.2) is 34.1 Å². The fourth-order valence-electron chi connectivity index (χ4n) is 0.890. The predicted molar refractivity (Wildman–Crippen MR) is 54.7 cm³/mol. The van der Waals surface area contributed by atoms with Gasteiger partial charge in [0.1, 0.15) is 10.1 Å². The van der Waals surface area contributed by atoms with Gasteiger partial charge in [0.15, 0.2) is 11.9 Å². The normalized spacial score (nSPS) is 26.4. The van der Waals surface area contributed by atoms with Gasteiger partial charge < -0.3 is 0 Å². The third kappa shape index (κ3) is 1.22. The molecule has 0 spiro atoms. The van der Waals surface area contributed by atoms with Crippen LogP contribution >= 0.6 is 22.6 Å². The first kappa shape index (κ1) is 7.71. The maximum absolute atomic E-state index is 11.1. The second kappa shape index (κ2) is 2.85. The second-order valence-corrected chi connectivity index (χ2v) is 3.29. The third-order valence-corrected chi connectivity index (χ3v) is 1.97. The topological polar surface area (TPSA) is 66.5 Å². The highest BCUT2D eigenvalue weighted by molar-refractivity contribution is 14.1. The van der Waals surface area contributed by atoms with E-state index in [2.05, 4.69) is 20.0 Å². The Labute approximate surface area is 81.6 Å². The zero-order valence-corrected chi connectivity index (χ0v) is 7.96. The van der Waals surface area contributed by atoms with Gasteiger partial charge in [0.05, 0.1) is 6.21 Å². The van der Waals surface area contributed by atoms with Crippen LogP contribution in [0.2, 0.25) is 0 Å². The summed E-state index contributed by atoms with van der Waals surface area (Å²) >= 11 is 2.00. The van der Waals surface area contributed by atoms with Crippen LogP contribution in [0.4, 0.5) is 0 Å². The summed E-state index contributed by atoms with van der Waals surface area (Å²) in [5.74, 6) is 0.126. The molecule has 0 aromatic carbocycles. The maximum Gasteiger partial charge on any atom is 0.279 e. The molecule has 0 N–H and O–H groups in total. The molecule has 2 aliphatic rings. The zero-order chi connectivity index (χ0) is 8.55. The number of hydrogen-bond donors (Lipinski definition) is 0. The van der Waals surface area contributed by atoms with Crippen LogP contribution in [0.15, 0.2) is 20.0 Å². The van der Waals surface area contributed by atoms with E-state index in [-0.39, 0.29) is 5.91 Å². The molecule has 0 aliphatic carbocycles. The quantitative estimate of drug-likeness (QED) is 0.583. The minimum Gasteiger partial charge on any atom is -0.269 e. The van der Waals surface area contributed by atoms with Crippen molar-refractivity contribution >= 4 is 50.6 Å². The predicted octanol–water partition coefficient (Wildman–Crippen LogP) is 0.240. The summed E-state index contributed by atoms with van der Waals surface area (Å²) in [6, 6.07) is -0.605. The number of halogens is 1. The Morgan fingerprint density at radius 2 is 2.25 bits per heavy atom. The van der Waals surface area contributed by atoms with Crippen molar-refractivity contribution in [3.63, 3.8) is 0 Å². The summed E-state index contributed by atoms with van der Waals surface area (Å²) < 4.78 is 0.696. The van der Waals surface area contributed by atoms with E-state index in [1.165, 1.54) is 6.34 Å². The first-order chi connectivity index (χ1) is 5.77. The number of aliphatic imine (C=N–C) groups is 4. The van der Waals surface area contributed by atoms with Crippen molar-refractivity contribution in [3.05, 3.63) is 0 Å². The van der Waals surface area contributed by atoms with E-state index in [0.29, 0.717) is 9.55 Å². The van der Waals surface area contributed by atoms with E-state index >= 15 is 0 Å². The Hall–Kier alpha value is -0.920. The number of hydrogen-bond acceptors (Lipinski definition) is 4. The number of fused-ring (bicyclic) bond motifs is 1. The third-order valence-electron chi connectivity index (χ3n) is 1.41. The van der Waals surface area contributed by atoms with Gasteiger partial charge in [-0.15, -0.1) is 0 Å². The zero-order valence-electron chi connectivity index (χ0n) is 5.81. The highest BCUT2D eigenvalue weighted by Gasteiger charge is 2.27. The Bertz CT molecular complexity index is 355. The van der Waals surface area contributed by atoms with Gasteiger partial charge >= 0.3 is 0 Å². The first-order valence-corrected chi connectivity index (χ1v) is 4.27. The standard InChI is InChI=1S/C6H3IN4O/c7-3-1-8-5-4(11-3)6(12)10-2-9-5/h1-2,4H. The number of rotatable bonds is 0. The van der Waals surface area contributed by atoms with Gasteiger partial charge in [-0.3, -0.25) is 9.79 Å². The molecule has 1 atom stereocenters. The Morgan fingerprint density at radius 3 is 3.08 bits per heavy atom. The molecule has 2 rings (SSSR count). The Kier molecular flexibility index (Phi) is 1.83. The summed E-state index contributed by atoms with van der Waals surface area (Å²) in [5, 5.41) is 0. The summed E-state index contributed by atoms with van der Waals surface area (Å²) in [7, 11) is 0. The summed E-state index contributed by atoms with van der Waals surface area (Å²) in [4.78, 5) is 26.5. The molecule has 6 heteroatoms. The monoisotopic (exact) mass is 274 g/mol. The van der Waals surface area contributed by atoms with Crippen molar-refractivity contribution in [2.45, 2.75) is 6.04 Å². The first-order valence-electron chi connectivity index (χ1n) is 3.19. The van der Waals surface area contributed by atoms with Crippen LogP contribution in [0.5, 0.6) is 0 Å². The minimum atomic E-state index is -0.605. The minimum absolute atomic E-state index is 0.300. The fraction of sp³-hybridized carbons (Fsp3) is 0.167. The lowest BCUT2D eigenvalue weighted by molar-refractivity contribution is -0.117. The van der Waals surface area contributed by atoms with Crippen LogP contribution in [-0.2, 0) is 4.79 Å². The van der Waals surface area contributed by atoms with Crippen LogP contribution < -0.4 is 0 Å². The van der Waals surface area contributed by atoms with Gasteiger partial charge in [0, 0.05) is 0 Å². The highest BCUT2D eigenvalue weighted by Crippen LogP contribution is 2.09. The Balaban J connectivity index is 2.43. The van der Waals surface area contributed by atoms with E-state index in [1.54, 1.807) is 6.21 Å². The van der Waals surface area contributed by atoms with E-state index in [4.69, 9.17) is 0 Å². The average Bonchev–Trinajstić information content (AvgIpc) is 2.07. The molecule has 0 saturated heterocycles. The molecule has 2 heterocycles. The summed E-state index contributed by atoms with van der Waals surface area (Å²) in [6.07, 6.45) is 2.78. The van der Waals surface area contributed by atoms with Crippen molar-refractivity contribution < 1.29 is 4.79 Å². The molecular weight excluding hydrogens is 271 g/mol. The number of amides is 1. The van der Waals surface area contributed by atoms with Crippen molar-refractivity contribution in [3.8, 4) is 0 Å². The molecule has 0 fully saturated rings. The second-order valence-electron chi connectivity index (χ2n) is 2.18. The SMILES string of the molecule is O=C1N=CN=C2N=CC(I)=NC12. The van der Waals surface area contributed by atoms with Crippen LogP contribution in [0.25, 0.3) is 0 Å². The number of carbonyl (C=O) groups is 1. The summed E-state index contributed by atoms with van der Waals surface area (Å²) in [6.45, 7) is 0. The van der Waals surface area contributed by atoms with E-state index < -0.39 is 6.04 Å². The van der Waals surface area contributed by atoms with Gasteiger partial charge in [-0.2, -0.15) is 4.99 Å². The molecule has 1 unspecified atom stereocenters. The number of amidine groups is 1. The smallest absolute Gasteiger partial charge is 0.269 e. The molecular formula is C6H3IN4O. The lowest BCUT2D eigenvalue weighted by Crippen LogP contribution is -2.32. The average molecular weight is 274 g/mol. The van der Waals surface area contributed by atoms with E-state index in [0.717, 1.165) is 0 Å². The molecule has 0 aromatic rings. The summed E-state index contributed by atoms with van der Waals surface area (Å²) in [5.41, 5.74) is 0. The van der Waals surface area contributed by atoms with Gasteiger partial charge in [0.2, 0.25) is 0 Å². The van der Waals surface area contributed by atoms with Crippen molar-refractivity contribution in [1.29, 1.82) is 0 Å². The van der Waals surface area contributed by atoms with E-state index in [9.17, 15) is 4.79 Å². The number of nitrogens with zero attached hydrogens (tertiary/aromatic N) is 4. The molecule has 0 radical (unpaired) electrons. The largest absolute Gasteiger partial charge is 0.279 e. The highest BCUT2D eigenvalue weighted by atomic mass is 127. The Morgan fingerprint density at radius 1 is 1.42 bits per heavy atom. The number of carbonyl (C=O) groups excluding carboxylic acids is 1. The van der Waals surface area contributed by atoms with Crippen LogP contribution in [0, 0.1) is 0 Å². The molecule has 5 nitrogen and oxygen atoms in total. The molecule has 12 heavy (non-hydrogen) atoms. The molecule has 0 saturated carbocycles. The van der Waals surface area contributed by atoms with Crippen molar-refractivity contribution in [2.75, 3.05) is 0 Å². The maximum atomic E-state index is 11.1. The molecule has 0 bridgehead atoms. The molecule has 2 aliphatic heterocycles. The van der Waals surface area contributed by atoms with E-state index in [1.807, 2.05) is 22.6 Å². The lowest BCUT2D eigenvalue weighted by Gasteiger charge is -2.13. The molecule has 0 aromatic heterocycles. The van der Waals surface area contributed by atoms with Crippen molar-refractivity contribution in [2.24, 2.45) is 20.0 Å². The van der Waals surface area contributed by atoms with Crippen LogP contribution in [0.1, 0.15) is 0 Å². The molecule has 1 amide bonds. The van der Waals surface area contributed by atoms with Gasteiger partial charge in [0.25, 0.3) is 5.91 Å². The van der Waals surface area contributed by atoms with Gasteiger partial charge in [-0.1, -0.05) is 0 Å². The molecule has 60 valence electrons.